The van der Waals surface area contributed by atoms with Gasteiger partial charge in [0, 0.05) is 23.4 Å². The highest BCUT2D eigenvalue weighted by Gasteiger charge is 1.87. The van der Waals surface area contributed by atoms with Gasteiger partial charge in [-0.15, -0.1) is 24.8 Å². The number of para-hydroxylation sites is 2. The van der Waals surface area contributed by atoms with Gasteiger partial charge in [0.25, 0.3) is 0 Å². The molecule has 2 heterocycles. The van der Waals surface area contributed by atoms with Gasteiger partial charge in [-0.3, -0.25) is 0 Å². The van der Waals surface area contributed by atoms with E-state index >= 15 is 0 Å². The maximum absolute atomic E-state index is 3.12. The van der Waals surface area contributed by atoms with Gasteiger partial charge in [0.15, 0.2) is 0 Å². The van der Waals surface area contributed by atoms with Crippen molar-refractivity contribution >= 4 is 46.6 Å². The second-order valence-corrected chi connectivity index (χ2v) is 4.13. The monoisotopic (exact) mass is 324 g/mol. The minimum absolute atomic E-state index is 0. The van der Waals surface area contributed by atoms with Crippen molar-refractivity contribution in [3.63, 3.8) is 0 Å². The molecule has 5 heteroatoms. The Balaban J connectivity index is 0.000000333. The summed E-state index contributed by atoms with van der Waals surface area (Å²) in [5, 5.41) is 2.55. The van der Waals surface area contributed by atoms with Crippen molar-refractivity contribution in [1.29, 1.82) is 0 Å². The number of H-pyrrole nitrogens is 2. The molecule has 0 amide bonds. The lowest BCUT2D eigenvalue weighted by Gasteiger charge is -1.83. The summed E-state index contributed by atoms with van der Waals surface area (Å²) in [5.41, 5.74) is 2.41. The quantitative estimate of drug-likeness (QED) is 0.483. The summed E-state index contributed by atoms with van der Waals surface area (Å²) in [6.07, 6.45) is 3.90. The van der Waals surface area contributed by atoms with Gasteiger partial charge in [0.2, 0.25) is 0 Å². The average Bonchev–Trinajstić information content (AvgIpc) is 3.08. The van der Waals surface area contributed by atoms with Crippen LogP contribution in [0.4, 0.5) is 0 Å². The molecule has 4 N–H and O–H groups in total. The van der Waals surface area contributed by atoms with Crippen LogP contribution in [0.1, 0.15) is 0 Å². The molecule has 0 spiro atoms. The van der Waals surface area contributed by atoms with Crippen LogP contribution < -0.4 is 0 Å². The fourth-order valence-electron chi connectivity index (χ4n) is 1.99. The zero-order chi connectivity index (χ0) is 12.2. The van der Waals surface area contributed by atoms with E-state index in [0.717, 1.165) is 0 Å². The molecule has 4 aromatic rings. The number of hydrogen-bond acceptors (Lipinski definition) is 0. The first kappa shape index (κ1) is 19.1. The number of nitrogens with one attached hydrogen (secondary N) is 2. The predicted octanol–water partition coefficient (Wildman–Crippen LogP) is 4.35. The lowest BCUT2D eigenvalue weighted by atomic mass is 10.3. The molecule has 2 aromatic carbocycles. The summed E-state index contributed by atoms with van der Waals surface area (Å²) >= 11 is 0. The number of aromatic nitrogens is 2. The molecule has 4 rings (SSSR count). The Morgan fingerprint density at radius 3 is 1.29 bits per heavy atom. The summed E-state index contributed by atoms with van der Waals surface area (Å²) in [4.78, 5) is 6.24. The van der Waals surface area contributed by atoms with Crippen LogP contribution in [0.2, 0.25) is 0 Å². The third kappa shape index (κ3) is 4.53. The van der Waals surface area contributed by atoms with Crippen LogP contribution in [0.25, 0.3) is 21.8 Å². The molecule has 0 aliphatic rings. The molecule has 0 bridgehead atoms. The average molecular weight is 325 g/mol. The minimum Gasteiger partial charge on any atom is -0.412 e. The molecule has 2 aromatic heterocycles. The Bertz CT molecular complexity index is 638. The maximum atomic E-state index is 3.12. The van der Waals surface area contributed by atoms with Crippen molar-refractivity contribution < 1.29 is 5.48 Å². The summed E-state index contributed by atoms with van der Waals surface area (Å²) in [7, 11) is 0. The number of hydrogen-bond donors (Lipinski definition) is 2. The van der Waals surface area contributed by atoms with Crippen molar-refractivity contribution in [3.8, 4) is 0 Å². The van der Waals surface area contributed by atoms with Gasteiger partial charge in [-0.25, -0.2) is 0 Å². The van der Waals surface area contributed by atoms with E-state index in [1.165, 1.54) is 21.8 Å². The normalized spacial score (nSPS) is 8.76. The lowest BCUT2D eigenvalue weighted by Crippen LogP contribution is -1.61. The van der Waals surface area contributed by atoms with E-state index in [1.54, 1.807) is 0 Å². The fourth-order valence-corrected chi connectivity index (χ4v) is 1.99. The van der Waals surface area contributed by atoms with E-state index in [9.17, 15) is 0 Å². The van der Waals surface area contributed by atoms with E-state index in [2.05, 4.69) is 46.4 Å². The first-order chi connectivity index (χ1) is 8.93. The van der Waals surface area contributed by atoms with Gasteiger partial charge < -0.3 is 15.4 Å². The van der Waals surface area contributed by atoms with Crippen molar-refractivity contribution in [2.45, 2.75) is 0 Å². The van der Waals surface area contributed by atoms with Gasteiger partial charge in [-0.05, 0) is 35.0 Å². The third-order valence-electron chi connectivity index (χ3n) is 2.93. The molecule has 21 heavy (non-hydrogen) atoms. The maximum Gasteiger partial charge on any atom is 0.0453 e. The van der Waals surface area contributed by atoms with E-state index in [0.29, 0.717) is 0 Å². The number of halogens is 2. The second kappa shape index (κ2) is 9.08. The predicted molar refractivity (Wildman–Crippen MR) is 94.7 cm³/mol. The molecule has 3 nitrogen and oxygen atoms in total. The molecule has 0 unspecified atom stereocenters. The Hall–Kier alpha value is -1.94. The highest BCUT2D eigenvalue weighted by molar-refractivity contribution is 5.85. The van der Waals surface area contributed by atoms with Crippen LogP contribution in [-0.4, -0.2) is 15.4 Å². The van der Waals surface area contributed by atoms with Gasteiger partial charge in [-0.1, -0.05) is 36.4 Å². The Morgan fingerprint density at radius 1 is 0.524 bits per heavy atom. The van der Waals surface area contributed by atoms with E-state index in [4.69, 9.17) is 0 Å². The highest BCUT2D eigenvalue weighted by atomic mass is 35.5. The molecular formula is C16H18Cl2N2O. The molecule has 0 saturated heterocycles. The largest absolute Gasteiger partial charge is 0.412 e. The topological polar surface area (TPSA) is 63.1 Å². The smallest absolute Gasteiger partial charge is 0.0453 e. The summed E-state index contributed by atoms with van der Waals surface area (Å²) < 4.78 is 0. The molecule has 0 saturated carbocycles. The molecule has 0 aliphatic carbocycles. The molecule has 0 atom stereocenters. The molecular weight excluding hydrogens is 307 g/mol. The SMILES string of the molecule is Cl.Cl.O.c1ccc2[nH]ccc2c1.c1ccc2[nH]ccc2c1. The van der Waals surface area contributed by atoms with Crippen LogP contribution >= 0.6 is 24.8 Å². The van der Waals surface area contributed by atoms with E-state index in [-0.39, 0.29) is 30.3 Å². The highest BCUT2D eigenvalue weighted by Crippen LogP contribution is 2.09. The van der Waals surface area contributed by atoms with Crippen molar-refractivity contribution in [2.24, 2.45) is 0 Å². The molecule has 0 radical (unpaired) electrons. The van der Waals surface area contributed by atoms with Gasteiger partial charge >= 0.3 is 0 Å². The summed E-state index contributed by atoms with van der Waals surface area (Å²) in [5.74, 6) is 0. The first-order valence-electron chi connectivity index (χ1n) is 5.98. The second-order valence-electron chi connectivity index (χ2n) is 4.13. The Kier molecular flexibility index (Phi) is 8.24. The van der Waals surface area contributed by atoms with Gasteiger partial charge in [0.05, 0.1) is 0 Å². The zero-order valence-electron chi connectivity index (χ0n) is 11.2. The van der Waals surface area contributed by atoms with Crippen molar-refractivity contribution in [3.05, 3.63) is 73.1 Å². The van der Waals surface area contributed by atoms with Crippen LogP contribution in [0.3, 0.4) is 0 Å². The van der Waals surface area contributed by atoms with Crippen LogP contribution in [0.5, 0.6) is 0 Å². The van der Waals surface area contributed by atoms with Crippen molar-refractivity contribution in [1.82, 2.24) is 9.97 Å². The fraction of sp³-hybridized carbons (Fsp3) is 0. The van der Waals surface area contributed by atoms with E-state index < -0.39 is 0 Å². The van der Waals surface area contributed by atoms with Crippen LogP contribution in [-0.2, 0) is 0 Å². The lowest BCUT2D eigenvalue weighted by molar-refractivity contribution is 0.824. The van der Waals surface area contributed by atoms with Crippen LogP contribution in [0.15, 0.2) is 73.1 Å². The Morgan fingerprint density at radius 2 is 0.905 bits per heavy atom. The summed E-state index contributed by atoms with van der Waals surface area (Å²) in [6, 6.07) is 20.6. The van der Waals surface area contributed by atoms with Gasteiger partial charge in [0.1, 0.15) is 0 Å². The van der Waals surface area contributed by atoms with E-state index in [1.807, 2.05) is 36.7 Å². The minimum atomic E-state index is 0. The number of rotatable bonds is 0. The number of benzene rings is 2. The van der Waals surface area contributed by atoms with Crippen molar-refractivity contribution in [2.75, 3.05) is 0 Å². The van der Waals surface area contributed by atoms with Gasteiger partial charge in [-0.2, -0.15) is 0 Å². The molecule has 0 fully saturated rings. The third-order valence-corrected chi connectivity index (χ3v) is 2.93. The number of aromatic amines is 2. The molecule has 112 valence electrons. The molecule has 0 aliphatic heterocycles. The Labute approximate surface area is 135 Å². The standard InChI is InChI=1S/2C8H7N.2ClH.H2O/c2*1-2-4-8-7(3-1)5-6-9-8;;;/h2*1-6,9H;2*1H;1H2. The van der Waals surface area contributed by atoms with Crippen LogP contribution in [0, 0.1) is 0 Å². The summed E-state index contributed by atoms with van der Waals surface area (Å²) in [6.45, 7) is 0. The number of fused-ring (bicyclic) bond motifs is 2. The zero-order valence-corrected chi connectivity index (χ0v) is 12.9. The first-order valence-corrected chi connectivity index (χ1v) is 5.98.